The third-order valence-corrected chi connectivity index (χ3v) is 10.9. The second-order valence-electron chi connectivity index (χ2n) is 14.0. The number of amides is 4. The highest BCUT2D eigenvalue weighted by Gasteiger charge is 2.39. The van der Waals surface area contributed by atoms with Gasteiger partial charge in [-0.05, 0) is 88.6 Å². The zero-order valence-corrected chi connectivity index (χ0v) is 29.5. The highest BCUT2D eigenvalue weighted by atomic mass is 16.2. The van der Waals surface area contributed by atoms with Crippen LogP contribution in [0.3, 0.4) is 0 Å². The minimum absolute atomic E-state index is 0.154. The van der Waals surface area contributed by atoms with E-state index in [4.69, 9.17) is 0 Å². The molecule has 8 rings (SSSR count). The fraction of sp³-hybridized carbons (Fsp3) is 0.341. The second kappa shape index (κ2) is 14.2. The van der Waals surface area contributed by atoms with Crippen LogP contribution < -0.4 is 5.32 Å². The monoisotopic (exact) mass is 684 g/mol. The van der Waals surface area contributed by atoms with Crippen LogP contribution in [0.1, 0.15) is 86.9 Å². The lowest BCUT2D eigenvalue weighted by Gasteiger charge is -2.41. The molecule has 0 spiro atoms. The first-order chi connectivity index (χ1) is 24.7. The van der Waals surface area contributed by atoms with Gasteiger partial charge in [0, 0.05) is 69.4 Å². The van der Waals surface area contributed by atoms with Crippen LogP contribution in [0, 0.1) is 0 Å². The summed E-state index contributed by atoms with van der Waals surface area (Å²) in [7, 11) is 4.38. The van der Waals surface area contributed by atoms with Gasteiger partial charge in [0.2, 0.25) is 0 Å². The van der Waals surface area contributed by atoms with Crippen LogP contribution in [0.2, 0.25) is 0 Å². The number of rotatable bonds is 10. The summed E-state index contributed by atoms with van der Waals surface area (Å²) in [5.41, 5.74) is 3.41. The first-order valence-corrected chi connectivity index (χ1v) is 17.9. The molecule has 4 aromatic carbocycles. The maximum Gasteiger partial charge on any atom is 0.261 e. The maximum absolute atomic E-state index is 13.6. The SMILES string of the molecule is CCCN(C)CCC1(N(C)CCN2C(=O)c3cccc4c(-n5ccnc5)ccc(c34)C2=O)CCCC1.O=C1NC(=O)c2cccc3cccc1c23. The molecule has 4 amide bonds. The number of hydrogen-bond acceptors (Lipinski definition) is 7. The lowest BCUT2D eigenvalue weighted by Crippen LogP contribution is -2.51. The average molecular weight is 685 g/mol. The molecule has 0 saturated heterocycles. The molecule has 1 N–H and O–H groups in total. The van der Waals surface area contributed by atoms with Crippen molar-refractivity contribution in [2.24, 2.45) is 0 Å². The molecule has 0 bridgehead atoms. The summed E-state index contributed by atoms with van der Waals surface area (Å²) < 4.78 is 1.91. The van der Waals surface area contributed by atoms with Crippen molar-refractivity contribution in [1.82, 2.24) is 29.6 Å². The molecule has 3 aliphatic rings. The molecule has 1 aromatic heterocycles. The second-order valence-corrected chi connectivity index (χ2v) is 14.0. The number of imidazole rings is 1. The third kappa shape index (κ3) is 6.34. The molecule has 51 heavy (non-hydrogen) atoms. The summed E-state index contributed by atoms with van der Waals surface area (Å²) in [6, 6.07) is 20.4. The molecule has 1 aliphatic carbocycles. The molecular formula is C41H44N6O4. The number of imide groups is 2. The van der Waals surface area contributed by atoms with Gasteiger partial charge < -0.3 is 9.47 Å². The Labute approximate surface area is 298 Å². The normalized spacial score (nSPS) is 16.3. The minimum Gasteiger partial charge on any atom is -0.306 e. The molecule has 10 heteroatoms. The predicted molar refractivity (Wildman–Crippen MR) is 198 cm³/mol. The van der Waals surface area contributed by atoms with E-state index in [2.05, 4.69) is 41.1 Å². The Morgan fingerprint density at radius 3 is 2.06 bits per heavy atom. The predicted octanol–water partition coefficient (Wildman–Crippen LogP) is 6.32. The Morgan fingerprint density at radius 1 is 0.765 bits per heavy atom. The molecule has 2 aliphatic heterocycles. The van der Waals surface area contributed by atoms with E-state index < -0.39 is 0 Å². The quantitative estimate of drug-likeness (QED) is 0.172. The summed E-state index contributed by atoms with van der Waals surface area (Å²) >= 11 is 0. The smallest absolute Gasteiger partial charge is 0.261 e. The number of carbonyl (C=O) groups is 4. The van der Waals surface area contributed by atoms with E-state index >= 15 is 0 Å². The summed E-state index contributed by atoms with van der Waals surface area (Å²) in [5.74, 6) is -1.02. The van der Waals surface area contributed by atoms with Crippen molar-refractivity contribution in [1.29, 1.82) is 0 Å². The molecule has 0 unspecified atom stereocenters. The Balaban J connectivity index is 0.000000224. The Hall–Kier alpha value is -5.19. The molecular weight excluding hydrogens is 640 g/mol. The van der Waals surface area contributed by atoms with E-state index in [0.29, 0.717) is 35.3 Å². The molecule has 0 radical (unpaired) electrons. The summed E-state index contributed by atoms with van der Waals surface area (Å²) in [6.07, 6.45) is 12.5. The Bertz CT molecular complexity index is 2060. The first kappa shape index (κ1) is 34.3. The number of benzene rings is 4. The average Bonchev–Trinajstić information content (AvgIpc) is 3.86. The molecule has 10 nitrogen and oxygen atoms in total. The third-order valence-electron chi connectivity index (χ3n) is 10.9. The Kier molecular flexibility index (Phi) is 9.54. The number of hydrogen-bond donors (Lipinski definition) is 1. The van der Waals surface area contributed by atoms with E-state index in [-0.39, 0.29) is 29.2 Å². The van der Waals surface area contributed by atoms with Crippen molar-refractivity contribution in [3.8, 4) is 5.69 Å². The van der Waals surface area contributed by atoms with E-state index in [9.17, 15) is 19.2 Å². The first-order valence-electron chi connectivity index (χ1n) is 17.9. The van der Waals surface area contributed by atoms with E-state index in [1.807, 2.05) is 65.4 Å². The van der Waals surface area contributed by atoms with E-state index in [1.165, 1.54) is 30.6 Å². The standard InChI is InChI=1S/C29H37N5O2.C12H7NO2/c1-4-16-31(2)17-14-29(12-5-6-13-29)32(3)19-20-34-27(35)23-9-7-8-22-25(33-18-15-30-21-33)11-10-24(26(22)23)28(34)36;14-11-8-5-1-3-7-4-2-6-9(10(7)8)12(15)13-11/h7-11,15,18,21H,4-6,12-14,16-17,19-20H2,1-3H3;1-6H,(H,13,14,15). The number of likely N-dealkylation sites (N-methyl/N-ethyl adjacent to an activating group) is 1. The van der Waals surface area contributed by atoms with Crippen LogP contribution in [0.15, 0.2) is 85.5 Å². The molecule has 3 heterocycles. The summed E-state index contributed by atoms with van der Waals surface area (Å²) in [5, 5.41) is 5.64. The van der Waals surface area contributed by atoms with Gasteiger partial charge in [-0.25, -0.2) is 4.98 Å². The van der Waals surface area contributed by atoms with Crippen LogP contribution in [0.4, 0.5) is 0 Å². The van der Waals surface area contributed by atoms with Crippen LogP contribution in [-0.2, 0) is 0 Å². The highest BCUT2D eigenvalue weighted by Crippen LogP contribution is 2.38. The number of carbonyl (C=O) groups excluding carboxylic acids is 4. The van der Waals surface area contributed by atoms with Gasteiger partial charge in [-0.2, -0.15) is 0 Å². The van der Waals surface area contributed by atoms with Crippen LogP contribution >= 0.6 is 0 Å². The number of nitrogens with zero attached hydrogens (tertiary/aromatic N) is 5. The summed E-state index contributed by atoms with van der Waals surface area (Å²) in [4.78, 5) is 60.7. The van der Waals surface area contributed by atoms with Crippen molar-refractivity contribution in [2.75, 3.05) is 40.3 Å². The van der Waals surface area contributed by atoms with Gasteiger partial charge in [-0.3, -0.25) is 34.3 Å². The van der Waals surface area contributed by atoms with Gasteiger partial charge >= 0.3 is 0 Å². The molecule has 5 aromatic rings. The molecule has 0 atom stereocenters. The number of nitrogens with one attached hydrogen (secondary N) is 1. The van der Waals surface area contributed by atoms with Crippen LogP contribution in [0.5, 0.6) is 0 Å². The topological polar surface area (TPSA) is 108 Å². The van der Waals surface area contributed by atoms with Gasteiger partial charge in [0.15, 0.2) is 0 Å². The largest absolute Gasteiger partial charge is 0.306 e. The minimum atomic E-state index is -0.315. The fourth-order valence-corrected chi connectivity index (χ4v) is 8.15. The van der Waals surface area contributed by atoms with Crippen molar-refractivity contribution >= 4 is 45.2 Å². The highest BCUT2D eigenvalue weighted by molar-refractivity contribution is 6.27. The van der Waals surface area contributed by atoms with Crippen LogP contribution in [-0.4, -0.2) is 93.7 Å². The van der Waals surface area contributed by atoms with Crippen molar-refractivity contribution in [2.45, 2.75) is 51.0 Å². The lowest BCUT2D eigenvalue weighted by molar-refractivity contribution is 0.0530. The lowest BCUT2D eigenvalue weighted by atomic mass is 9.90. The number of aromatic nitrogens is 2. The van der Waals surface area contributed by atoms with Gasteiger partial charge in [0.05, 0.1) is 12.0 Å². The van der Waals surface area contributed by atoms with E-state index in [0.717, 1.165) is 53.2 Å². The van der Waals surface area contributed by atoms with Crippen LogP contribution in [0.25, 0.3) is 27.2 Å². The zero-order chi connectivity index (χ0) is 35.7. The van der Waals surface area contributed by atoms with Gasteiger partial charge in [0.1, 0.15) is 0 Å². The van der Waals surface area contributed by atoms with Crippen molar-refractivity contribution in [3.63, 3.8) is 0 Å². The van der Waals surface area contributed by atoms with Crippen molar-refractivity contribution < 1.29 is 19.2 Å². The van der Waals surface area contributed by atoms with Gasteiger partial charge in [-0.15, -0.1) is 0 Å². The maximum atomic E-state index is 13.6. The molecule has 262 valence electrons. The van der Waals surface area contributed by atoms with Gasteiger partial charge in [-0.1, -0.05) is 56.2 Å². The van der Waals surface area contributed by atoms with E-state index in [1.54, 1.807) is 24.7 Å². The molecule has 1 fully saturated rings. The Morgan fingerprint density at radius 2 is 1.41 bits per heavy atom. The fourth-order valence-electron chi connectivity index (χ4n) is 8.15. The molecule has 1 saturated carbocycles. The van der Waals surface area contributed by atoms with Crippen molar-refractivity contribution in [3.05, 3.63) is 108 Å². The summed E-state index contributed by atoms with van der Waals surface area (Å²) in [6.45, 7) is 5.50. The zero-order valence-electron chi connectivity index (χ0n) is 29.5. The van der Waals surface area contributed by atoms with Gasteiger partial charge in [0.25, 0.3) is 23.6 Å².